The van der Waals surface area contributed by atoms with E-state index in [9.17, 15) is 18.3 Å². The minimum atomic E-state index is -3.14. The van der Waals surface area contributed by atoms with Gasteiger partial charge in [0.2, 0.25) is 5.91 Å². The molecule has 0 aliphatic rings. The molecule has 0 radical (unpaired) electrons. The Morgan fingerprint density at radius 1 is 1.11 bits per heavy atom. The maximum Gasteiger partial charge on any atom is 0.222 e. The Bertz CT molecular complexity index is 915. The zero-order chi connectivity index (χ0) is 28.0. The quantitative estimate of drug-likeness (QED) is 0.212. The average Bonchev–Trinajstić information content (AvgIpc) is 2.85. The highest BCUT2D eigenvalue weighted by Gasteiger charge is 2.26. The van der Waals surface area contributed by atoms with Gasteiger partial charge in [-0.3, -0.25) is 4.79 Å². The van der Waals surface area contributed by atoms with Crippen molar-refractivity contribution in [1.82, 2.24) is 5.32 Å². The van der Waals surface area contributed by atoms with Crippen LogP contribution in [0.4, 0.5) is 0 Å². The van der Waals surface area contributed by atoms with Crippen molar-refractivity contribution in [1.29, 1.82) is 0 Å². The zero-order valence-electron chi connectivity index (χ0n) is 23.8. The summed E-state index contributed by atoms with van der Waals surface area (Å²) in [5, 5.41) is 13.4. The van der Waals surface area contributed by atoms with Crippen molar-refractivity contribution in [2.24, 2.45) is 23.5 Å². The molecule has 1 rings (SSSR count). The molecule has 222 valence electrons. The van der Waals surface area contributed by atoms with Crippen LogP contribution in [-0.2, 0) is 25.8 Å². The molecule has 0 bridgehead atoms. The molecule has 0 unspecified atom stereocenters. The SMILES string of the molecule is CCS(=O)(=O)CCNC(=O)[C@H](C)C[C@H](O)[C@@H](N)C[C@H](Cc1ccc(OC)c(OCCCOC)c1)C(C)C.Cl. The highest BCUT2D eigenvalue weighted by atomic mass is 35.5. The van der Waals surface area contributed by atoms with Crippen LogP contribution in [0.3, 0.4) is 0 Å². The number of methoxy groups -OCH3 is 2. The first-order valence-electron chi connectivity index (χ1n) is 13.1. The summed E-state index contributed by atoms with van der Waals surface area (Å²) in [5.74, 6) is 1.09. The van der Waals surface area contributed by atoms with E-state index >= 15 is 0 Å². The Labute approximate surface area is 235 Å². The number of hydrogen-bond donors (Lipinski definition) is 3. The van der Waals surface area contributed by atoms with E-state index in [1.54, 1.807) is 28.1 Å². The number of benzene rings is 1. The molecule has 9 nitrogen and oxygen atoms in total. The molecular formula is C27H49ClN2O7S. The van der Waals surface area contributed by atoms with Crippen molar-refractivity contribution in [2.75, 3.05) is 45.5 Å². The van der Waals surface area contributed by atoms with Gasteiger partial charge in [-0.15, -0.1) is 12.4 Å². The van der Waals surface area contributed by atoms with E-state index in [4.69, 9.17) is 19.9 Å². The number of carbonyl (C=O) groups is 1. The van der Waals surface area contributed by atoms with Crippen LogP contribution in [0.2, 0.25) is 0 Å². The van der Waals surface area contributed by atoms with Gasteiger partial charge in [0.05, 0.1) is 25.6 Å². The van der Waals surface area contributed by atoms with Crippen LogP contribution in [0.5, 0.6) is 11.5 Å². The van der Waals surface area contributed by atoms with Gasteiger partial charge in [-0.2, -0.15) is 0 Å². The van der Waals surface area contributed by atoms with Crippen LogP contribution in [0, 0.1) is 17.8 Å². The summed E-state index contributed by atoms with van der Waals surface area (Å²) in [6, 6.07) is 5.42. The van der Waals surface area contributed by atoms with E-state index in [0.717, 1.165) is 18.4 Å². The van der Waals surface area contributed by atoms with Gasteiger partial charge in [0.1, 0.15) is 0 Å². The summed E-state index contributed by atoms with van der Waals surface area (Å²) < 4.78 is 39.6. The van der Waals surface area contributed by atoms with E-state index in [0.29, 0.717) is 37.1 Å². The molecule has 0 aromatic heterocycles. The Hall–Kier alpha value is -1.59. The van der Waals surface area contributed by atoms with Crippen molar-refractivity contribution in [3.63, 3.8) is 0 Å². The van der Waals surface area contributed by atoms with Crippen molar-refractivity contribution in [2.45, 2.75) is 65.5 Å². The molecule has 1 aromatic carbocycles. The van der Waals surface area contributed by atoms with Gasteiger partial charge in [-0.05, 0) is 48.8 Å². The van der Waals surface area contributed by atoms with Crippen LogP contribution in [0.15, 0.2) is 18.2 Å². The molecule has 1 aromatic rings. The van der Waals surface area contributed by atoms with Gasteiger partial charge >= 0.3 is 0 Å². The third-order valence-corrected chi connectivity index (χ3v) is 8.39. The summed E-state index contributed by atoms with van der Waals surface area (Å²) in [6.07, 6.45) is 1.49. The van der Waals surface area contributed by atoms with Crippen molar-refractivity contribution < 1.29 is 32.5 Å². The minimum Gasteiger partial charge on any atom is -0.493 e. The Kier molecular flexibility index (Phi) is 17.9. The lowest BCUT2D eigenvalue weighted by molar-refractivity contribution is -0.125. The number of nitrogens with one attached hydrogen (secondary N) is 1. The number of amides is 1. The number of aliphatic hydroxyl groups excluding tert-OH is 1. The highest BCUT2D eigenvalue weighted by Crippen LogP contribution is 2.31. The smallest absolute Gasteiger partial charge is 0.222 e. The molecular weight excluding hydrogens is 532 g/mol. The van der Waals surface area contributed by atoms with Gasteiger partial charge in [-0.25, -0.2) is 8.42 Å². The Morgan fingerprint density at radius 3 is 2.37 bits per heavy atom. The lowest BCUT2D eigenvalue weighted by Crippen LogP contribution is -2.41. The van der Waals surface area contributed by atoms with Crippen molar-refractivity contribution >= 4 is 28.2 Å². The lowest BCUT2D eigenvalue weighted by atomic mass is 9.82. The molecule has 4 N–H and O–H groups in total. The van der Waals surface area contributed by atoms with E-state index in [-0.39, 0.29) is 48.7 Å². The third-order valence-electron chi connectivity index (χ3n) is 6.68. The first kappa shape index (κ1) is 36.4. The summed E-state index contributed by atoms with van der Waals surface area (Å²) >= 11 is 0. The number of ether oxygens (including phenoxy) is 3. The number of carbonyl (C=O) groups excluding carboxylic acids is 1. The fourth-order valence-corrected chi connectivity index (χ4v) is 4.74. The summed E-state index contributed by atoms with van der Waals surface area (Å²) in [4.78, 5) is 12.4. The third kappa shape index (κ3) is 13.5. The molecule has 1 amide bonds. The number of hydrogen-bond acceptors (Lipinski definition) is 8. The van der Waals surface area contributed by atoms with Crippen LogP contribution in [-0.4, -0.2) is 77.1 Å². The second-order valence-corrected chi connectivity index (χ2v) is 12.5. The molecule has 0 saturated heterocycles. The Balaban J connectivity index is 0.0000137. The summed E-state index contributed by atoms with van der Waals surface area (Å²) in [7, 11) is 0.131. The maximum absolute atomic E-state index is 12.4. The second-order valence-electron chi connectivity index (χ2n) is 10.0. The average molecular weight is 581 g/mol. The molecule has 0 fully saturated rings. The Morgan fingerprint density at radius 2 is 1.79 bits per heavy atom. The van der Waals surface area contributed by atoms with Gasteiger partial charge in [0.15, 0.2) is 21.3 Å². The largest absolute Gasteiger partial charge is 0.493 e. The van der Waals surface area contributed by atoms with E-state index in [1.165, 1.54) is 0 Å². The molecule has 0 saturated carbocycles. The molecule has 0 aliphatic heterocycles. The predicted molar refractivity (Wildman–Crippen MR) is 154 cm³/mol. The van der Waals surface area contributed by atoms with Gasteiger partial charge < -0.3 is 30.4 Å². The van der Waals surface area contributed by atoms with Crippen LogP contribution in [0.25, 0.3) is 0 Å². The lowest BCUT2D eigenvalue weighted by Gasteiger charge is -2.28. The van der Waals surface area contributed by atoms with Gasteiger partial charge in [0.25, 0.3) is 0 Å². The van der Waals surface area contributed by atoms with Crippen molar-refractivity contribution in [3.8, 4) is 11.5 Å². The molecule has 0 spiro atoms. The number of halogens is 1. The second kappa shape index (κ2) is 18.7. The number of sulfone groups is 1. The molecule has 38 heavy (non-hydrogen) atoms. The normalized spacial score (nSPS) is 14.8. The van der Waals surface area contributed by atoms with Gasteiger partial charge in [0, 0.05) is 44.4 Å². The number of aliphatic hydroxyl groups is 1. The molecule has 0 aliphatic carbocycles. The van der Waals surface area contributed by atoms with Gasteiger partial charge in [-0.1, -0.05) is 33.8 Å². The molecule has 0 heterocycles. The highest BCUT2D eigenvalue weighted by molar-refractivity contribution is 7.91. The van der Waals surface area contributed by atoms with E-state index < -0.39 is 27.9 Å². The number of nitrogens with two attached hydrogens (primary N) is 1. The van der Waals surface area contributed by atoms with Crippen LogP contribution >= 0.6 is 12.4 Å². The standard InChI is InChI=1S/C27H48N2O7S.ClH/c1-7-37(32,33)14-11-29-27(31)20(4)15-24(30)23(28)18-22(19(2)3)16-21-9-10-25(35-6)26(17-21)36-13-8-12-34-5;/h9-10,17,19-20,22-24,30H,7-8,11-16,18,28H2,1-6H3,(H,29,31);1H/t20-,22+,23+,24+;/m1./s1. The maximum atomic E-state index is 12.4. The van der Waals surface area contributed by atoms with Crippen LogP contribution < -0.4 is 20.5 Å². The fourth-order valence-electron chi connectivity index (χ4n) is 4.04. The van der Waals surface area contributed by atoms with E-state index in [1.807, 2.05) is 18.2 Å². The first-order chi connectivity index (χ1) is 17.4. The number of rotatable bonds is 19. The monoisotopic (exact) mass is 580 g/mol. The van der Waals surface area contributed by atoms with Crippen molar-refractivity contribution in [3.05, 3.63) is 23.8 Å². The summed E-state index contributed by atoms with van der Waals surface area (Å²) in [5.41, 5.74) is 7.48. The predicted octanol–water partition coefficient (Wildman–Crippen LogP) is 3.00. The molecule has 11 heteroatoms. The fraction of sp³-hybridized carbons (Fsp3) is 0.741. The molecule has 4 atom stereocenters. The summed E-state index contributed by atoms with van der Waals surface area (Å²) in [6.45, 7) is 8.78. The topological polar surface area (TPSA) is 137 Å². The minimum absolute atomic E-state index is 0. The van der Waals surface area contributed by atoms with E-state index in [2.05, 4.69) is 19.2 Å². The van der Waals surface area contributed by atoms with Crippen LogP contribution in [0.1, 0.15) is 52.5 Å². The zero-order valence-corrected chi connectivity index (χ0v) is 25.4. The first-order valence-corrected chi connectivity index (χ1v) is 15.0.